The van der Waals surface area contributed by atoms with Gasteiger partial charge < -0.3 is 0 Å². The van der Waals surface area contributed by atoms with E-state index in [-0.39, 0.29) is 0 Å². The van der Waals surface area contributed by atoms with Crippen LogP contribution in [0.15, 0.2) is 36.7 Å². The second kappa shape index (κ2) is 4.25. The molecule has 0 fully saturated rings. The Balaban J connectivity index is 2.36. The summed E-state index contributed by atoms with van der Waals surface area (Å²) < 4.78 is 0. The lowest BCUT2D eigenvalue weighted by atomic mass is 10.1. The highest BCUT2D eigenvalue weighted by atomic mass is 14.9. The molecule has 2 aromatic rings. The van der Waals surface area contributed by atoms with E-state index in [4.69, 9.17) is 11.7 Å². The average Bonchev–Trinajstić information content (AvgIpc) is 2.39. The molecule has 0 aliphatic rings. The van der Waals surface area contributed by atoms with Gasteiger partial charge in [-0.1, -0.05) is 5.92 Å². The predicted octanol–water partition coefficient (Wildman–Crippen LogP) is 2.00. The van der Waals surface area contributed by atoms with Crippen LogP contribution < -0.4 is 0 Å². The van der Waals surface area contributed by atoms with Crippen molar-refractivity contribution in [3.63, 3.8) is 0 Å². The number of rotatable bonds is 1. The minimum absolute atomic E-state index is 0.600. The fourth-order valence-electron chi connectivity index (χ4n) is 1.25. The van der Waals surface area contributed by atoms with E-state index in [1.807, 2.05) is 12.1 Å². The van der Waals surface area contributed by atoms with Gasteiger partial charge in [0.05, 0.1) is 17.2 Å². The van der Waals surface area contributed by atoms with Crippen LogP contribution in [0.3, 0.4) is 0 Å². The Labute approximate surface area is 93.4 Å². The summed E-state index contributed by atoms with van der Waals surface area (Å²) in [4.78, 5) is 8.28. The van der Waals surface area contributed by atoms with Crippen molar-refractivity contribution in [3.8, 4) is 29.8 Å². The third-order valence-electron chi connectivity index (χ3n) is 2.09. The van der Waals surface area contributed by atoms with Crippen LogP contribution in [0.4, 0.5) is 0 Å². The smallest absolute Gasteiger partial charge is 0.159 e. The Kier molecular flexibility index (Phi) is 2.63. The lowest BCUT2D eigenvalue weighted by Gasteiger charge is -1.99. The van der Waals surface area contributed by atoms with E-state index >= 15 is 0 Å². The van der Waals surface area contributed by atoms with Crippen LogP contribution in [0.1, 0.15) is 11.1 Å². The van der Waals surface area contributed by atoms with Gasteiger partial charge in [0.25, 0.3) is 0 Å². The molecule has 0 amide bonds. The van der Waals surface area contributed by atoms with Crippen molar-refractivity contribution in [2.75, 3.05) is 0 Å². The van der Waals surface area contributed by atoms with Gasteiger partial charge in [-0.05, 0) is 24.3 Å². The summed E-state index contributed by atoms with van der Waals surface area (Å²) in [5, 5.41) is 8.66. The highest BCUT2D eigenvalue weighted by molar-refractivity contribution is 5.56. The molecular weight excluding hydrogens is 198 g/mol. The number of terminal acetylenes is 1. The van der Waals surface area contributed by atoms with Crippen molar-refractivity contribution in [1.29, 1.82) is 5.26 Å². The molecule has 16 heavy (non-hydrogen) atoms. The van der Waals surface area contributed by atoms with E-state index in [0.29, 0.717) is 17.0 Å². The first-order valence-corrected chi connectivity index (χ1v) is 4.62. The molecule has 0 bridgehead atoms. The first-order chi connectivity index (χ1) is 7.83. The van der Waals surface area contributed by atoms with E-state index in [1.165, 1.54) is 0 Å². The lowest BCUT2D eigenvalue weighted by Crippen LogP contribution is -1.89. The molecule has 1 aromatic carbocycles. The molecule has 1 heterocycles. The van der Waals surface area contributed by atoms with Gasteiger partial charge in [-0.3, -0.25) is 0 Å². The Morgan fingerprint density at radius 2 is 1.62 bits per heavy atom. The molecule has 3 heteroatoms. The number of hydrogen-bond donors (Lipinski definition) is 0. The molecule has 0 N–H and O–H groups in total. The molecule has 0 saturated heterocycles. The van der Waals surface area contributed by atoms with Crippen LogP contribution >= 0.6 is 0 Å². The zero-order valence-corrected chi connectivity index (χ0v) is 8.38. The standard InChI is InChI=1S/C13H7N3/c1-2-10-8-15-13(16-9-10)12-5-3-11(7-14)4-6-12/h1,3-6,8-9H. The third-order valence-corrected chi connectivity index (χ3v) is 2.09. The van der Waals surface area contributed by atoms with Gasteiger partial charge in [-0.2, -0.15) is 5.26 Å². The maximum Gasteiger partial charge on any atom is 0.159 e. The first kappa shape index (κ1) is 9.89. The molecule has 0 atom stereocenters. The number of benzene rings is 1. The van der Waals surface area contributed by atoms with Gasteiger partial charge in [0.1, 0.15) is 0 Å². The van der Waals surface area contributed by atoms with Crippen molar-refractivity contribution in [2.45, 2.75) is 0 Å². The number of nitriles is 1. The van der Waals surface area contributed by atoms with Crippen molar-refractivity contribution >= 4 is 0 Å². The second-order valence-corrected chi connectivity index (χ2v) is 3.13. The van der Waals surface area contributed by atoms with Gasteiger partial charge >= 0.3 is 0 Å². The Bertz CT molecular complexity index is 513. The van der Waals surface area contributed by atoms with Crippen LogP contribution in [-0.2, 0) is 0 Å². The summed E-state index contributed by atoms with van der Waals surface area (Å²) in [7, 11) is 0. The summed E-state index contributed by atoms with van der Waals surface area (Å²) in [5.74, 6) is 3.06. The van der Waals surface area contributed by atoms with Gasteiger partial charge in [0.2, 0.25) is 0 Å². The van der Waals surface area contributed by atoms with Crippen LogP contribution in [0.5, 0.6) is 0 Å². The Morgan fingerprint density at radius 3 is 2.12 bits per heavy atom. The second-order valence-electron chi connectivity index (χ2n) is 3.13. The topological polar surface area (TPSA) is 49.6 Å². The molecule has 0 aliphatic heterocycles. The highest BCUT2D eigenvalue weighted by Gasteiger charge is 2.00. The molecule has 74 valence electrons. The van der Waals surface area contributed by atoms with Gasteiger partial charge in [0, 0.05) is 18.0 Å². The molecule has 0 saturated carbocycles. The van der Waals surface area contributed by atoms with E-state index < -0.39 is 0 Å². The van der Waals surface area contributed by atoms with Gasteiger partial charge in [-0.15, -0.1) is 6.42 Å². The zero-order chi connectivity index (χ0) is 11.4. The molecular formula is C13H7N3. The lowest BCUT2D eigenvalue weighted by molar-refractivity contribution is 1.16. The summed E-state index contributed by atoms with van der Waals surface area (Å²) in [6.45, 7) is 0. The minimum Gasteiger partial charge on any atom is -0.235 e. The maximum atomic E-state index is 8.66. The molecule has 0 unspecified atom stereocenters. The summed E-state index contributed by atoms with van der Waals surface area (Å²) in [6, 6.07) is 9.13. The van der Waals surface area contributed by atoms with Gasteiger partial charge in [0.15, 0.2) is 5.82 Å². The quantitative estimate of drug-likeness (QED) is 0.669. The van der Waals surface area contributed by atoms with E-state index in [0.717, 1.165) is 5.56 Å². The molecule has 3 nitrogen and oxygen atoms in total. The Morgan fingerprint density at radius 1 is 1.00 bits per heavy atom. The SMILES string of the molecule is C#Cc1cnc(-c2ccc(C#N)cc2)nc1. The summed E-state index contributed by atoms with van der Waals surface area (Å²) in [6.07, 6.45) is 8.41. The molecule has 1 aromatic heterocycles. The van der Waals surface area contributed by atoms with Crippen LogP contribution in [0.25, 0.3) is 11.4 Å². The van der Waals surface area contributed by atoms with Crippen molar-refractivity contribution in [2.24, 2.45) is 0 Å². The van der Waals surface area contributed by atoms with E-state index in [9.17, 15) is 0 Å². The van der Waals surface area contributed by atoms with Crippen molar-refractivity contribution < 1.29 is 0 Å². The predicted molar refractivity (Wildman–Crippen MR) is 60.1 cm³/mol. The first-order valence-electron chi connectivity index (χ1n) is 4.62. The summed E-state index contributed by atoms with van der Waals surface area (Å²) in [5.41, 5.74) is 2.13. The number of hydrogen-bond acceptors (Lipinski definition) is 3. The molecule has 0 aliphatic carbocycles. The zero-order valence-electron chi connectivity index (χ0n) is 8.38. The third kappa shape index (κ3) is 1.89. The van der Waals surface area contributed by atoms with Crippen LogP contribution in [0.2, 0.25) is 0 Å². The van der Waals surface area contributed by atoms with Crippen LogP contribution in [0, 0.1) is 23.7 Å². The number of aromatic nitrogens is 2. The fourth-order valence-corrected chi connectivity index (χ4v) is 1.25. The Hall–Kier alpha value is -2.65. The van der Waals surface area contributed by atoms with Crippen molar-refractivity contribution in [3.05, 3.63) is 47.8 Å². The monoisotopic (exact) mass is 205 g/mol. The highest BCUT2D eigenvalue weighted by Crippen LogP contribution is 2.14. The van der Waals surface area contributed by atoms with E-state index in [2.05, 4.69) is 22.0 Å². The normalized spacial score (nSPS) is 9.12. The summed E-state index contributed by atoms with van der Waals surface area (Å²) >= 11 is 0. The molecule has 0 spiro atoms. The van der Waals surface area contributed by atoms with Crippen molar-refractivity contribution in [1.82, 2.24) is 9.97 Å². The molecule has 0 radical (unpaired) electrons. The largest absolute Gasteiger partial charge is 0.235 e. The maximum absolute atomic E-state index is 8.66. The minimum atomic E-state index is 0.600. The van der Waals surface area contributed by atoms with E-state index in [1.54, 1.807) is 24.5 Å². The average molecular weight is 205 g/mol. The molecule has 2 rings (SSSR count). The number of nitrogens with zero attached hydrogens (tertiary/aromatic N) is 3. The van der Waals surface area contributed by atoms with Crippen LogP contribution in [-0.4, -0.2) is 9.97 Å². The van der Waals surface area contributed by atoms with Gasteiger partial charge in [-0.25, -0.2) is 9.97 Å². The fraction of sp³-hybridized carbons (Fsp3) is 0.